The number of hydrogen-bond donors (Lipinski definition) is 1. The van der Waals surface area contributed by atoms with E-state index in [1.165, 1.54) is 18.5 Å². The van der Waals surface area contributed by atoms with Gasteiger partial charge in [-0.1, -0.05) is 0 Å². The average molecular weight is 165 g/mol. The van der Waals surface area contributed by atoms with Gasteiger partial charge < -0.3 is 5.32 Å². The highest BCUT2D eigenvalue weighted by Crippen LogP contribution is 2.43. The van der Waals surface area contributed by atoms with Crippen molar-refractivity contribution in [2.45, 2.75) is 31.8 Å². The van der Waals surface area contributed by atoms with Gasteiger partial charge in [0.25, 0.3) is 0 Å². The third-order valence-corrected chi connectivity index (χ3v) is 2.68. The minimum atomic E-state index is 0.223. The second-order valence-corrected chi connectivity index (χ2v) is 3.39. The van der Waals surface area contributed by atoms with Gasteiger partial charge in [0.15, 0.2) is 0 Å². The summed E-state index contributed by atoms with van der Waals surface area (Å²) in [6, 6.07) is 2.12. The van der Waals surface area contributed by atoms with Crippen LogP contribution in [0, 0.1) is 0 Å². The molecule has 0 bridgehead atoms. The van der Waals surface area contributed by atoms with E-state index in [0.717, 1.165) is 6.54 Å². The van der Waals surface area contributed by atoms with E-state index in [-0.39, 0.29) is 5.54 Å². The SMILES string of the molecule is CCn1ccc(C2(NC)CC2)n1. The van der Waals surface area contributed by atoms with Crippen LogP contribution in [0.25, 0.3) is 0 Å². The maximum Gasteiger partial charge on any atom is 0.0825 e. The van der Waals surface area contributed by atoms with Crippen LogP contribution in [0.3, 0.4) is 0 Å². The Morgan fingerprint density at radius 1 is 1.67 bits per heavy atom. The molecule has 1 aromatic rings. The van der Waals surface area contributed by atoms with Crippen molar-refractivity contribution in [1.82, 2.24) is 15.1 Å². The van der Waals surface area contributed by atoms with Gasteiger partial charge in [0.05, 0.1) is 11.2 Å². The fraction of sp³-hybridized carbons (Fsp3) is 0.667. The zero-order valence-electron chi connectivity index (χ0n) is 7.67. The molecule has 0 radical (unpaired) electrons. The van der Waals surface area contributed by atoms with Crippen molar-refractivity contribution in [3.8, 4) is 0 Å². The van der Waals surface area contributed by atoms with E-state index in [2.05, 4.69) is 23.4 Å². The van der Waals surface area contributed by atoms with Crippen molar-refractivity contribution in [3.63, 3.8) is 0 Å². The molecule has 1 N–H and O–H groups in total. The Morgan fingerprint density at radius 3 is 2.83 bits per heavy atom. The Balaban J connectivity index is 2.23. The predicted octanol–water partition coefficient (Wildman–Crippen LogP) is 1.11. The number of nitrogens with one attached hydrogen (secondary N) is 1. The zero-order valence-corrected chi connectivity index (χ0v) is 7.67. The smallest absolute Gasteiger partial charge is 0.0825 e. The van der Waals surface area contributed by atoms with E-state index in [4.69, 9.17) is 0 Å². The molecule has 12 heavy (non-hydrogen) atoms. The number of aryl methyl sites for hydroxylation is 1. The summed E-state index contributed by atoms with van der Waals surface area (Å²) in [6.07, 6.45) is 4.50. The molecule has 1 heterocycles. The van der Waals surface area contributed by atoms with Gasteiger partial charge in [0, 0.05) is 12.7 Å². The number of nitrogens with zero attached hydrogens (tertiary/aromatic N) is 2. The summed E-state index contributed by atoms with van der Waals surface area (Å²) in [5, 5.41) is 7.82. The van der Waals surface area contributed by atoms with Crippen molar-refractivity contribution in [3.05, 3.63) is 18.0 Å². The molecule has 1 aliphatic rings. The van der Waals surface area contributed by atoms with Crippen LogP contribution in [-0.4, -0.2) is 16.8 Å². The monoisotopic (exact) mass is 165 g/mol. The first kappa shape index (κ1) is 7.80. The third kappa shape index (κ3) is 1.05. The van der Waals surface area contributed by atoms with Crippen molar-refractivity contribution in [2.24, 2.45) is 0 Å². The Bertz CT molecular complexity index is 273. The summed E-state index contributed by atoms with van der Waals surface area (Å²) in [5.41, 5.74) is 1.42. The van der Waals surface area contributed by atoms with Crippen LogP contribution < -0.4 is 5.32 Å². The van der Waals surface area contributed by atoms with Gasteiger partial charge in [-0.25, -0.2) is 0 Å². The van der Waals surface area contributed by atoms with Crippen LogP contribution in [0.15, 0.2) is 12.3 Å². The standard InChI is InChI=1S/C9H15N3/c1-3-12-7-4-8(11-12)9(10-2)5-6-9/h4,7,10H,3,5-6H2,1-2H3. The highest BCUT2D eigenvalue weighted by molar-refractivity contribution is 5.21. The number of rotatable bonds is 3. The molecule has 1 saturated carbocycles. The highest BCUT2D eigenvalue weighted by Gasteiger charge is 2.44. The molecule has 3 nitrogen and oxygen atoms in total. The first-order valence-electron chi connectivity index (χ1n) is 4.53. The molecule has 0 amide bonds. The van der Waals surface area contributed by atoms with E-state index in [0.29, 0.717) is 0 Å². The fourth-order valence-corrected chi connectivity index (χ4v) is 1.55. The maximum atomic E-state index is 4.49. The lowest BCUT2D eigenvalue weighted by Crippen LogP contribution is -2.25. The lowest BCUT2D eigenvalue weighted by Gasteiger charge is -2.09. The summed E-state index contributed by atoms with van der Waals surface area (Å²) >= 11 is 0. The van der Waals surface area contributed by atoms with Crippen molar-refractivity contribution in [1.29, 1.82) is 0 Å². The minimum Gasteiger partial charge on any atom is -0.309 e. The minimum absolute atomic E-state index is 0.223. The second kappa shape index (κ2) is 2.59. The van der Waals surface area contributed by atoms with Gasteiger partial charge in [-0.3, -0.25) is 4.68 Å². The van der Waals surface area contributed by atoms with Gasteiger partial charge in [-0.15, -0.1) is 0 Å². The third-order valence-electron chi connectivity index (χ3n) is 2.68. The van der Waals surface area contributed by atoms with E-state index < -0.39 is 0 Å². The van der Waals surface area contributed by atoms with Crippen LogP contribution in [0.1, 0.15) is 25.5 Å². The lowest BCUT2D eigenvalue weighted by molar-refractivity contribution is 0.543. The largest absolute Gasteiger partial charge is 0.309 e. The van der Waals surface area contributed by atoms with Gasteiger partial charge in [0.2, 0.25) is 0 Å². The van der Waals surface area contributed by atoms with Crippen LogP contribution in [0.2, 0.25) is 0 Å². The van der Waals surface area contributed by atoms with Gasteiger partial charge in [-0.2, -0.15) is 5.10 Å². The normalized spacial score (nSPS) is 19.5. The summed E-state index contributed by atoms with van der Waals surface area (Å²) in [4.78, 5) is 0. The second-order valence-electron chi connectivity index (χ2n) is 3.39. The molecule has 0 unspecified atom stereocenters. The maximum absolute atomic E-state index is 4.49. The molecule has 1 aliphatic carbocycles. The van der Waals surface area contributed by atoms with Crippen molar-refractivity contribution >= 4 is 0 Å². The summed E-state index contributed by atoms with van der Waals surface area (Å²) < 4.78 is 1.98. The lowest BCUT2D eigenvalue weighted by atomic mass is 10.2. The number of aromatic nitrogens is 2. The molecule has 0 spiro atoms. The highest BCUT2D eigenvalue weighted by atomic mass is 15.3. The quantitative estimate of drug-likeness (QED) is 0.727. The summed E-state index contributed by atoms with van der Waals surface area (Å²) in [7, 11) is 2.01. The number of hydrogen-bond acceptors (Lipinski definition) is 2. The molecule has 2 rings (SSSR count). The van der Waals surface area contributed by atoms with E-state index in [9.17, 15) is 0 Å². The first-order valence-corrected chi connectivity index (χ1v) is 4.53. The Morgan fingerprint density at radius 2 is 2.42 bits per heavy atom. The van der Waals surface area contributed by atoms with E-state index in [1.807, 2.05) is 17.9 Å². The molecule has 1 fully saturated rings. The molecular weight excluding hydrogens is 150 g/mol. The van der Waals surface area contributed by atoms with Gasteiger partial charge in [0.1, 0.15) is 0 Å². The average Bonchev–Trinajstić information content (AvgIpc) is 2.77. The summed E-state index contributed by atoms with van der Waals surface area (Å²) in [6.45, 7) is 3.06. The molecular formula is C9H15N3. The Labute approximate surface area is 72.8 Å². The van der Waals surface area contributed by atoms with Crippen molar-refractivity contribution in [2.75, 3.05) is 7.05 Å². The van der Waals surface area contributed by atoms with Crippen LogP contribution in [0.4, 0.5) is 0 Å². The summed E-state index contributed by atoms with van der Waals surface area (Å²) in [5.74, 6) is 0. The molecule has 1 aromatic heterocycles. The molecule has 66 valence electrons. The zero-order chi connectivity index (χ0) is 8.60. The Kier molecular flexibility index (Phi) is 1.68. The molecule has 0 aliphatic heterocycles. The Hall–Kier alpha value is -0.830. The van der Waals surface area contributed by atoms with E-state index >= 15 is 0 Å². The van der Waals surface area contributed by atoms with Crippen molar-refractivity contribution < 1.29 is 0 Å². The molecule has 3 heteroatoms. The topological polar surface area (TPSA) is 29.9 Å². The van der Waals surface area contributed by atoms with E-state index in [1.54, 1.807) is 0 Å². The molecule has 0 atom stereocenters. The predicted molar refractivity (Wildman–Crippen MR) is 47.9 cm³/mol. The molecule has 0 aromatic carbocycles. The van der Waals surface area contributed by atoms with Crippen LogP contribution in [-0.2, 0) is 12.1 Å². The molecule has 0 saturated heterocycles. The van der Waals surface area contributed by atoms with Crippen LogP contribution in [0.5, 0.6) is 0 Å². The van der Waals surface area contributed by atoms with Gasteiger partial charge >= 0.3 is 0 Å². The fourth-order valence-electron chi connectivity index (χ4n) is 1.55. The van der Waals surface area contributed by atoms with Crippen LogP contribution >= 0.6 is 0 Å². The van der Waals surface area contributed by atoms with Gasteiger partial charge in [-0.05, 0) is 32.9 Å². The first-order chi connectivity index (χ1) is 5.80.